The Kier molecular flexibility index (Phi) is 4.35. The molecule has 0 atom stereocenters. The first-order chi connectivity index (χ1) is 9.10. The zero-order chi connectivity index (χ0) is 13.8. The molecule has 0 N–H and O–H groups in total. The monoisotopic (exact) mass is 338 g/mol. The highest BCUT2D eigenvalue weighted by molar-refractivity contribution is 9.10. The average molecular weight is 340 g/mol. The molecular formula is C14H8BrClO3. The van der Waals surface area contributed by atoms with Gasteiger partial charge in [0.05, 0.1) is 11.1 Å². The van der Waals surface area contributed by atoms with Gasteiger partial charge in [0.15, 0.2) is 6.29 Å². The molecule has 0 aliphatic heterocycles. The molecule has 96 valence electrons. The van der Waals surface area contributed by atoms with Gasteiger partial charge in [0.1, 0.15) is 5.75 Å². The van der Waals surface area contributed by atoms with Gasteiger partial charge in [-0.15, -0.1) is 0 Å². The number of hydrogen-bond acceptors (Lipinski definition) is 3. The molecular weight excluding hydrogens is 332 g/mol. The van der Waals surface area contributed by atoms with E-state index in [2.05, 4.69) is 15.9 Å². The van der Waals surface area contributed by atoms with E-state index in [1.54, 1.807) is 30.3 Å². The number of esters is 1. The second kappa shape index (κ2) is 5.99. The molecule has 5 heteroatoms. The van der Waals surface area contributed by atoms with Crippen LogP contribution in [0.4, 0.5) is 0 Å². The highest BCUT2D eigenvalue weighted by atomic mass is 79.9. The molecule has 0 aliphatic carbocycles. The Morgan fingerprint density at radius 1 is 1.21 bits per heavy atom. The van der Waals surface area contributed by atoms with Crippen LogP contribution < -0.4 is 4.74 Å². The lowest BCUT2D eigenvalue weighted by atomic mass is 10.2. The third-order valence-electron chi connectivity index (χ3n) is 2.36. The van der Waals surface area contributed by atoms with Crippen molar-refractivity contribution < 1.29 is 14.3 Å². The fourth-order valence-corrected chi connectivity index (χ4v) is 2.06. The minimum absolute atomic E-state index is 0.185. The SMILES string of the molecule is O=Cc1cc(Cl)ccc1OC(=O)c1cccc(Br)c1. The van der Waals surface area contributed by atoms with Gasteiger partial charge >= 0.3 is 5.97 Å². The third-order valence-corrected chi connectivity index (χ3v) is 3.09. The van der Waals surface area contributed by atoms with Crippen LogP contribution in [0.2, 0.25) is 5.02 Å². The summed E-state index contributed by atoms with van der Waals surface area (Å²) in [7, 11) is 0. The smallest absolute Gasteiger partial charge is 0.343 e. The van der Waals surface area contributed by atoms with Gasteiger partial charge in [0.2, 0.25) is 0 Å². The van der Waals surface area contributed by atoms with Crippen molar-refractivity contribution in [2.24, 2.45) is 0 Å². The predicted octanol–water partition coefficient (Wildman–Crippen LogP) is 4.13. The first-order valence-electron chi connectivity index (χ1n) is 5.32. The Hall–Kier alpha value is -1.65. The summed E-state index contributed by atoms with van der Waals surface area (Å²) in [4.78, 5) is 22.8. The van der Waals surface area contributed by atoms with Crippen molar-refractivity contribution in [1.82, 2.24) is 0 Å². The fraction of sp³-hybridized carbons (Fsp3) is 0. The third kappa shape index (κ3) is 3.43. The zero-order valence-corrected chi connectivity index (χ0v) is 11.9. The maximum absolute atomic E-state index is 11.9. The Bertz CT molecular complexity index is 640. The lowest BCUT2D eigenvalue weighted by Gasteiger charge is -2.07. The van der Waals surface area contributed by atoms with Crippen LogP contribution in [0.3, 0.4) is 0 Å². The lowest BCUT2D eigenvalue weighted by molar-refractivity contribution is 0.0733. The van der Waals surface area contributed by atoms with E-state index in [-0.39, 0.29) is 11.3 Å². The molecule has 0 unspecified atom stereocenters. The maximum atomic E-state index is 11.9. The van der Waals surface area contributed by atoms with Gasteiger partial charge < -0.3 is 4.74 Å². The van der Waals surface area contributed by atoms with E-state index < -0.39 is 5.97 Å². The number of carbonyl (C=O) groups is 2. The van der Waals surface area contributed by atoms with Crippen LogP contribution >= 0.6 is 27.5 Å². The van der Waals surface area contributed by atoms with E-state index in [0.717, 1.165) is 4.47 Å². The van der Waals surface area contributed by atoms with Crippen LogP contribution in [-0.4, -0.2) is 12.3 Å². The van der Waals surface area contributed by atoms with Crippen molar-refractivity contribution in [2.45, 2.75) is 0 Å². The molecule has 0 amide bonds. The van der Waals surface area contributed by atoms with Gasteiger partial charge in [-0.25, -0.2) is 4.79 Å². The summed E-state index contributed by atoms with van der Waals surface area (Å²) in [6, 6.07) is 11.3. The van der Waals surface area contributed by atoms with Crippen molar-refractivity contribution in [2.75, 3.05) is 0 Å². The van der Waals surface area contributed by atoms with E-state index in [0.29, 0.717) is 16.9 Å². The molecule has 0 saturated heterocycles. The molecule has 19 heavy (non-hydrogen) atoms. The van der Waals surface area contributed by atoms with E-state index in [1.807, 2.05) is 0 Å². The van der Waals surface area contributed by atoms with E-state index in [9.17, 15) is 9.59 Å². The lowest BCUT2D eigenvalue weighted by Crippen LogP contribution is -2.09. The molecule has 0 bridgehead atoms. The second-order valence-corrected chi connectivity index (χ2v) is 5.05. The summed E-state index contributed by atoms with van der Waals surface area (Å²) in [5.74, 6) is -0.351. The van der Waals surface area contributed by atoms with Crippen molar-refractivity contribution in [3.63, 3.8) is 0 Å². The molecule has 2 aromatic carbocycles. The van der Waals surface area contributed by atoms with E-state index in [4.69, 9.17) is 16.3 Å². The molecule has 0 spiro atoms. The topological polar surface area (TPSA) is 43.4 Å². The van der Waals surface area contributed by atoms with Crippen molar-refractivity contribution >= 4 is 39.8 Å². The number of halogens is 2. The standard InChI is InChI=1S/C14H8BrClO3/c15-11-3-1-2-9(6-11)14(18)19-13-5-4-12(16)7-10(13)8-17/h1-8H. The Morgan fingerprint density at radius 3 is 2.68 bits per heavy atom. The fourth-order valence-electron chi connectivity index (χ4n) is 1.48. The number of aldehydes is 1. The summed E-state index contributed by atoms with van der Waals surface area (Å²) in [5, 5.41) is 0.407. The zero-order valence-electron chi connectivity index (χ0n) is 9.60. The normalized spacial score (nSPS) is 10.0. The molecule has 0 radical (unpaired) electrons. The number of benzene rings is 2. The second-order valence-electron chi connectivity index (χ2n) is 3.70. The highest BCUT2D eigenvalue weighted by Crippen LogP contribution is 2.22. The number of rotatable bonds is 3. The number of ether oxygens (including phenoxy) is 1. The molecule has 0 fully saturated rings. The van der Waals surface area contributed by atoms with Gasteiger partial charge in [0, 0.05) is 9.50 Å². The maximum Gasteiger partial charge on any atom is 0.343 e. The molecule has 2 aromatic rings. The van der Waals surface area contributed by atoms with Gasteiger partial charge in [-0.3, -0.25) is 4.79 Å². The average Bonchev–Trinajstić information content (AvgIpc) is 2.40. The molecule has 0 saturated carbocycles. The molecule has 2 rings (SSSR count). The quantitative estimate of drug-likeness (QED) is 0.480. The first-order valence-corrected chi connectivity index (χ1v) is 6.50. The van der Waals surface area contributed by atoms with Gasteiger partial charge in [-0.05, 0) is 36.4 Å². The van der Waals surface area contributed by atoms with E-state index in [1.165, 1.54) is 12.1 Å². The molecule has 0 aromatic heterocycles. The molecule has 0 aliphatic rings. The van der Waals surface area contributed by atoms with Crippen molar-refractivity contribution in [3.05, 3.63) is 63.1 Å². The van der Waals surface area contributed by atoms with Crippen molar-refractivity contribution in [1.29, 1.82) is 0 Å². The van der Waals surface area contributed by atoms with Crippen LogP contribution in [-0.2, 0) is 0 Å². The van der Waals surface area contributed by atoms with Crippen LogP contribution in [0.15, 0.2) is 46.9 Å². The summed E-state index contributed by atoms with van der Waals surface area (Å²) < 4.78 is 5.95. The molecule has 0 heterocycles. The summed E-state index contributed by atoms with van der Waals surface area (Å²) >= 11 is 9.04. The number of hydrogen-bond donors (Lipinski definition) is 0. The van der Waals surface area contributed by atoms with Gasteiger partial charge in [-0.1, -0.05) is 33.6 Å². The summed E-state index contributed by atoms with van der Waals surface area (Å²) in [6.07, 6.45) is 0.593. The Morgan fingerprint density at radius 2 is 2.00 bits per heavy atom. The summed E-state index contributed by atoms with van der Waals surface area (Å²) in [6.45, 7) is 0. The highest BCUT2D eigenvalue weighted by Gasteiger charge is 2.12. The van der Waals surface area contributed by atoms with Crippen LogP contribution in [0.25, 0.3) is 0 Å². The summed E-state index contributed by atoms with van der Waals surface area (Å²) in [5.41, 5.74) is 0.622. The number of carbonyl (C=O) groups excluding carboxylic acids is 2. The Labute approximate surface area is 123 Å². The first kappa shape index (κ1) is 13.8. The minimum Gasteiger partial charge on any atom is -0.422 e. The Balaban J connectivity index is 2.26. The van der Waals surface area contributed by atoms with E-state index >= 15 is 0 Å². The predicted molar refractivity (Wildman–Crippen MR) is 75.9 cm³/mol. The van der Waals surface area contributed by atoms with Crippen LogP contribution in [0, 0.1) is 0 Å². The van der Waals surface area contributed by atoms with Crippen molar-refractivity contribution in [3.8, 4) is 5.75 Å². The van der Waals surface area contributed by atoms with Crippen LogP contribution in [0.5, 0.6) is 5.75 Å². The van der Waals surface area contributed by atoms with Gasteiger partial charge in [0.25, 0.3) is 0 Å². The minimum atomic E-state index is -0.535. The van der Waals surface area contributed by atoms with Gasteiger partial charge in [-0.2, -0.15) is 0 Å². The molecule has 3 nitrogen and oxygen atoms in total. The largest absolute Gasteiger partial charge is 0.422 e. The van der Waals surface area contributed by atoms with Crippen LogP contribution in [0.1, 0.15) is 20.7 Å².